The zero-order chi connectivity index (χ0) is 10.1. The third-order valence-corrected chi connectivity index (χ3v) is 2.43. The number of hydrogen-bond acceptors (Lipinski definition) is 3. The third kappa shape index (κ3) is 1.25. The van der Waals surface area contributed by atoms with Gasteiger partial charge in [-0.3, -0.25) is 4.79 Å². The molecule has 0 fully saturated rings. The number of hydrogen-bond donors (Lipinski definition) is 2. The summed E-state index contributed by atoms with van der Waals surface area (Å²) in [5.41, 5.74) is 0.922. The quantitative estimate of drug-likeness (QED) is 0.613. The minimum atomic E-state index is -0.919. The summed E-state index contributed by atoms with van der Waals surface area (Å²) in [6.45, 7) is 0. The van der Waals surface area contributed by atoms with Crippen LogP contribution in [0.4, 0.5) is 0 Å². The summed E-state index contributed by atoms with van der Waals surface area (Å²) in [6, 6.07) is -0.0914. The monoisotopic (exact) mass is 191 g/mol. The molecule has 0 aromatic rings. The van der Waals surface area contributed by atoms with Crippen molar-refractivity contribution in [2.75, 3.05) is 0 Å². The van der Waals surface area contributed by atoms with Crippen molar-refractivity contribution in [3.63, 3.8) is 0 Å². The van der Waals surface area contributed by atoms with Gasteiger partial charge in [-0.2, -0.15) is 0 Å². The van der Waals surface area contributed by atoms with E-state index < -0.39 is 5.97 Å². The second kappa shape index (κ2) is 3.14. The molecule has 0 aromatic heterocycles. The molecule has 2 atom stereocenters. The lowest BCUT2D eigenvalue weighted by molar-refractivity contribution is -0.133. The maximum atomic E-state index is 10.8. The summed E-state index contributed by atoms with van der Waals surface area (Å²) < 4.78 is 0. The standard InChI is InChI=1S/C10H9NO3/c12-5-6-1-2-7-8(10(13)14)4-11-9(7)3-6/h1-5,7,9,11H,(H,13,14). The van der Waals surface area contributed by atoms with Crippen LogP contribution >= 0.6 is 0 Å². The SMILES string of the molecule is O=CC1=CC2NC=C(C(=O)O)C2C=C1. The van der Waals surface area contributed by atoms with Crippen LogP contribution in [0.15, 0.2) is 35.6 Å². The average molecular weight is 191 g/mol. The zero-order valence-electron chi connectivity index (χ0n) is 7.31. The second-order valence-corrected chi connectivity index (χ2v) is 3.27. The molecule has 0 spiro atoms. The van der Waals surface area contributed by atoms with E-state index >= 15 is 0 Å². The molecule has 72 valence electrons. The summed E-state index contributed by atoms with van der Waals surface area (Å²) in [5.74, 6) is -1.08. The van der Waals surface area contributed by atoms with Crippen LogP contribution in [0, 0.1) is 5.92 Å². The fourth-order valence-corrected chi connectivity index (χ4v) is 1.72. The molecule has 14 heavy (non-hydrogen) atoms. The molecule has 0 saturated heterocycles. The normalized spacial score (nSPS) is 28.6. The predicted octanol–water partition coefficient (Wildman–Crippen LogP) is 0.238. The Balaban J connectivity index is 2.24. The Hall–Kier alpha value is -1.84. The van der Waals surface area contributed by atoms with Crippen LogP contribution in [0.2, 0.25) is 0 Å². The van der Waals surface area contributed by atoms with E-state index in [2.05, 4.69) is 5.32 Å². The Morgan fingerprint density at radius 3 is 3.00 bits per heavy atom. The van der Waals surface area contributed by atoms with Gasteiger partial charge in [-0.1, -0.05) is 18.2 Å². The van der Waals surface area contributed by atoms with Gasteiger partial charge in [0.1, 0.15) is 6.29 Å². The van der Waals surface area contributed by atoms with Crippen LogP contribution in [-0.2, 0) is 9.59 Å². The summed E-state index contributed by atoms with van der Waals surface area (Å²) in [7, 11) is 0. The summed E-state index contributed by atoms with van der Waals surface area (Å²) >= 11 is 0. The second-order valence-electron chi connectivity index (χ2n) is 3.27. The fourth-order valence-electron chi connectivity index (χ4n) is 1.72. The maximum absolute atomic E-state index is 10.8. The molecule has 2 rings (SSSR count). The number of nitrogens with one attached hydrogen (secondary N) is 1. The van der Waals surface area contributed by atoms with Crippen molar-refractivity contribution in [2.45, 2.75) is 6.04 Å². The van der Waals surface area contributed by atoms with Crippen LogP contribution < -0.4 is 5.32 Å². The summed E-state index contributed by atoms with van der Waals surface area (Å²) in [5, 5.41) is 11.8. The Morgan fingerprint density at radius 2 is 2.36 bits per heavy atom. The molecule has 2 unspecified atom stereocenters. The molecule has 0 amide bonds. The number of carbonyl (C=O) groups is 2. The van der Waals surface area contributed by atoms with E-state index in [0.29, 0.717) is 11.1 Å². The van der Waals surface area contributed by atoms with Crippen LogP contribution in [0.25, 0.3) is 0 Å². The molecule has 1 heterocycles. The van der Waals surface area contributed by atoms with Crippen LogP contribution in [0.5, 0.6) is 0 Å². The number of carboxylic acids is 1. The Kier molecular flexibility index (Phi) is 1.96. The highest BCUT2D eigenvalue weighted by Crippen LogP contribution is 2.27. The van der Waals surface area contributed by atoms with Crippen molar-refractivity contribution in [3.8, 4) is 0 Å². The first-order valence-corrected chi connectivity index (χ1v) is 4.27. The molecule has 4 nitrogen and oxygen atoms in total. The lowest BCUT2D eigenvalue weighted by Crippen LogP contribution is -2.27. The summed E-state index contributed by atoms with van der Waals surface area (Å²) in [6.07, 6.45) is 7.38. The number of carboxylic acid groups (broad SMARTS) is 1. The molecule has 0 saturated carbocycles. The molecule has 0 aromatic carbocycles. The van der Waals surface area contributed by atoms with Gasteiger partial charge in [0.15, 0.2) is 0 Å². The number of carbonyl (C=O) groups excluding carboxylic acids is 1. The van der Waals surface area contributed by atoms with Gasteiger partial charge in [0.2, 0.25) is 0 Å². The Bertz CT molecular complexity index is 379. The fraction of sp³-hybridized carbons (Fsp3) is 0.200. The molecule has 1 aliphatic heterocycles. The van der Waals surface area contributed by atoms with Gasteiger partial charge in [0, 0.05) is 17.7 Å². The van der Waals surface area contributed by atoms with E-state index in [1.54, 1.807) is 18.2 Å². The predicted molar refractivity (Wildman–Crippen MR) is 49.4 cm³/mol. The van der Waals surface area contributed by atoms with Crippen LogP contribution in [0.1, 0.15) is 0 Å². The van der Waals surface area contributed by atoms with E-state index in [4.69, 9.17) is 5.11 Å². The first-order chi connectivity index (χ1) is 6.72. The zero-order valence-corrected chi connectivity index (χ0v) is 7.31. The number of aldehydes is 1. The number of rotatable bonds is 2. The van der Waals surface area contributed by atoms with Crippen molar-refractivity contribution in [2.24, 2.45) is 5.92 Å². The Labute approximate surface area is 80.6 Å². The molecule has 1 aliphatic carbocycles. The van der Waals surface area contributed by atoms with Gasteiger partial charge in [-0.05, 0) is 0 Å². The van der Waals surface area contributed by atoms with Gasteiger partial charge in [0.25, 0.3) is 0 Å². The summed E-state index contributed by atoms with van der Waals surface area (Å²) in [4.78, 5) is 21.3. The smallest absolute Gasteiger partial charge is 0.333 e. The maximum Gasteiger partial charge on any atom is 0.333 e. The van der Waals surface area contributed by atoms with Gasteiger partial charge >= 0.3 is 5.97 Å². The largest absolute Gasteiger partial charge is 0.478 e. The highest BCUT2D eigenvalue weighted by atomic mass is 16.4. The molecule has 0 radical (unpaired) electrons. The van der Waals surface area contributed by atoms with Crippen molar-refractivity contribution >= 4 is 12.3 Å². The molecule has 2 N–H and O–H groups in total. The van der Waals surface area contributed by atoms with Crippen LogP contribution in [-0.4, -0.2) is 23.4 Å². The number of fused-ring (bicyclic) bond motifs is 1. The third-order valence-electron chi connectivity index (χ3n) is 2.43. The van der Waals surface area contributed by atoms with Gasteiger partial charge in [-0.25, -0.2) is 4.79 Å². The lowest BCUT2D eigenvalue weighted by Gasteiger charge is -2.18. The topological polar surface area (TPSA) is 66.4 Å². The Morgan fingerprint density at radius 1 is 1.57 bits per heavy atom. The van der Waals surface area contributed by atoms with Crippen LogP contribution in [0.3, 0.4) is 0 Å². The van der Waals surface area contributed by atoms with Crippen molar-refractivity contribution < 1.29 is 14.7 Å². The molecular formula is C10H9NO3. The molecular weight excluding hydrogens is 182 g/mol. The van der Waals surface area contributed by atoms with Crippen molar-refractivity contribution in [3.05, 3.63) is 35.6 Å². The average Bonchev–Trinajstić information content (AvgIpc) is 2.59. The van der Waals surface area contributed by atoms with Gasteiger partial charge in [-0.15, -0.1) is 0 Å². The highest BCUT2D eigenvalue weighted by Gasteiger charge is 2.31. The van der Waals surface area contributed by atoms with E-state index in [9.17, 15) is 9.59 Å². The van der Waals surface area contributed by atoms with Crippen molar-refractivity contribution in [1.82, 2.24) is 5.32 Å². The number of allylic oxidation sites excluding steroid dienone is 2. The van der Waals surface area contributed by atoms with E-state index in [0.717, 1.165) is 6.29 Å². The van der Waals surface area contributed by atoms with E-state index in [-0.39, 0.29) is 12.0 Å². The minimum absolute atomic E-state index is 0.0914. The molecule has 2 aliphatic rings. The first kappa shape index (κ1) is 8.74. The minimum Gasteiger partial charge on any atom is -0.478 e. The highest BCUT2D eigenvalue weighted by molar-refractivity contribution is 5.89. The van der Waals surface area contributed by atoms with Gasteiger partial charge < -0.3 is 10.4 Å². The van der Waals surface area contributed by atoms with Gasteiger partial charge in [0.05, 0.1) is 11.6 Å². The van der Waals surface area contributed by atoms with E-state index in [1.807, 2.05) is 0 Å². The molecule has 4 heteroatoms. The van der Waals surface area contributed by atoms with E-state index in [1.165, 1.54) is 6.20 Å². The molecule has 0 bridgehead atoms. The lowest BCUT2D eigenvalue weighted by atomic mass is 9.89. The number of aliphatic carboxylic acids is 1. The first-order valence-electron chi connectivity index (χ1n) is 4.27. The van der Waals surface area contributed by atoms with Crippen molar-refractivity contribution in [1.29, 1.82) is 0 Å².